The molecule has 2 aromatic heterocycles. The van der Waals surface area contributed by atoms with Crippen molar-refractivity contribution in [3.05, 3.63) is 54.8 Å². The minimum Gasteiger partial charge on any atom is -0.390 e. The Morgan fingerprint density at radius 1 is 1.37 bits per heavy atom. The van der Waals surface area contributed by atoms with Gasteiger partial charge in [-0.15, -0.1) is 0 Å². The quantitative estimate of drug-likeness (QED) is 0.388. The molecule has 1 saturated heterocycles. The second kappa shape index (κ2) is 7.14. The van der Waals surface area contributed by atoms with Crippen LogP contribution >= 0.6 is 0 Å². The highest BCUT2D eigenvalue weighted by Crippen LogP contribution is 2.43. The summed E-state index contributed by atoms with van der Waals surface area (Å²) in [4.78, 5) is 6.64. The van der Waals surface area contributed by atoms with E-state index >= 15 is 0 Å². The van der Waals surface area contributed by atoms with E-state index < -0.39 is 0 Å². The van der Waals surface area contributed by atoms with E-state index in [-0.39, 0.29) is 5.60 Å². The van der Waals surface area contributed by atoms with Crippen molar-refractivity contribution < 1.29 is 4.74 Å². The summed E-state index contributed by atoms with van der Waals surface area (Å²) in [6.45, 7) is 6.58. The third-order valence-electron chi connectivity index (χ3n) is 5.80. The number of hydrogen-bond donors (Lipinski definition) is 2. The van der Waals surface area contributed by atoms with Gasteiger partial charge in [0.15, 0.2) is 0 Å². The first-order valence-electron chi connectivity index (χ1n) is 10.1. The van der Waals surface area contributed by atoms with Gasteiger partial charge in [-0.2, -0.15) is 10.2 Å². The molecule has 0 atom stereocenters. The third-order valence-corrected chi connectivity index (χ3v) is 5.80. The number of rotatable bonds is 5. The van der Waals surface area contributed by atoms with Crippen molar-refractivity contribution in [2.24, 2.45) is 17.8 Å². The van der Waals surface area contributed by atoms with E-state index in [1.54, 1.807) is 4.68 Å². The fourth-order valence-corrected chi connectivity index (χ4v) is 4.00. The normalized spacial score (nSPS) is 18.6. The molecular weight excluding hydrogens is 378 g/mol. The second-order valence-electron chi connectivity index (χ2n) is 7.99. The second-order valence-corrected chi connectivity index (χ2v) is 7.99. The average Bonchev–Trinajstić information content (AvgIpc) is 3.15. The molecule has 3 aromatic rings. The molecule has 2 aliphatic rings. The number of fused-ring (bicyclic) bond motifs is 1. The first-order valence-corrected chi connectivity index (χ1v) is 10.1. The number of aryl methyl sites for hydroxylation is 1. The molecule has 0 radical (unpaired) electrons. The highest BCUT2D eigenvalue weighted by molar-refractivity contribution is 5.94. The van der Waals surface area contributed by atoms with Crippen molar-refractivity contribution in [3.8, 4) is 11.1 Å². The summed E-state index contributed by atoms with van der Waals surface area (Å²) in [5.41, 5.74) is 10.3. The fourth-order valence-electron chi connectivity index (χ4n) is 4.00. The largest absolute Gasteiger partial charge is 0.390 e. The Balaban J connectivity index is 1.48. The topological polar surface area (TPSA) is 97.3 Å². The van der Waals surface area contributed by atoms with Gasteiger partial charge in [0.05, 0.1) is 36.0 Å². The number of hydrogen-bond acceptors (Lipinski definition) is 5. The summed E-state index contributed by atoms with van der Waals surface area (Å²) in [5.74, 6) is 0.789. The van der Waals surface area contributed by atoms with E-state index in [2.05, 4.69) is 43.9 Å². The first kappa shape index (κ1) is 18.6. The van der Waals surface area contributed by atoms with E-state index in [1.807, 2.05) is 31.6 Å². The molecule has 1 aromatic carbocycles. The molecule has 1 aliphatic carbocycles. The Bertz CT molecular complexity index is 1170. The molecule has 1 saturated carbocycles. The molecule has 1 aliphatic heterocycles. The molecule has 3 heterocycles. The van der Waals surface area contributed by atoms with Crippen LogP contribution in [0.4, 0.5) is 0 Å². The number of nitrogens with two attached hydrogens (primary N) is 1. The Hall–Kier alpha value is -3.39. The van der Waals surface area contributed by atoms with E-state index in [4.69, 9.17) is 10.5 Å². The maximum atomic E-state index is 5.93. The van der Waals surface area contributed by atoms with Gasteiger partial charge in [-0.05, 0) is 42.2 Å². The predicted molar refractivity (Wildman–Crippen MR) is 118 cm³/mol. The number of H-pyrrole nitrogens is 1. The van der Waals surface area contributed by atoms with Gasteiger partial charge in [-0.3, -0.25) is 9.78 Å². The monoisotopic (exact) mass is 403 g/mol. The van der Waals surface area contributed by atoms with Gasteiger partial charge in [-0.25, -0.2) is 4.99 Å². The average molecular weight is 403 g/mol. The van der Waals surface area contributed by atoms with Crippen molar-refractivity contribution in [2.75, 3.05) is 19.7 Å². The number of benzene rings is 1. The maximum absolute atomic E-state index is 5.93. The summed E-state index contributed by atoms with van der Waals surface area (Å²) in [6.07, 6.45) is 9.34. The predicted octanol–water partition coefficient (Wildman–Crippen LogP) is 2.67. The van der Waals surface area contributed by atoms with Gasteiger partial charge in [0.1, 0.15) is 5.82 Å². The molecule has 1 spiro atoms. The van der Waals surface area contributed by atoms with Gasteiger partial charge >= 0.3 is 0 Å². The Morgan fingerprint density at radius 3 is 2.97 bits per heavy atom. The summed E-state index contributed by atoms with van der Waals surface area (Å²) in [6, 6.07) is 6.21. The number of nitrogens with zero attached hydrogens (tertiary/aromatic N) is 5. The Labute approximate surface area is 174 Å². The van der Waals surface area contributed by atoms with Crippen LogP contribution in [-0.4, -0.2) is 56.5 Å². The number of aliphatic imine (C=N–C) groups is 1. The first-order chi connectivity index (χ1) is 14.6. The van der Waals surface area contributed by atoms with Crippen LogP contribution in [0.1, 0.15) is 18.5 Å². The van der Waals surface area contributed by atoms with E-state index in [9.17, 15) is 0 Å². The van der Waals surface area contributed by atoms with E-state index in [0.29, 0.717) is 6.61 Å². The standard InChI is InChI=1S/C22H25N7O/c1-15(9-20(24-14-23)29-7-8-30-22(13-29)5-6-22)21-18-10-16(3-4-19(18)26-27-21)17-11-25-28(2)12-17/h3-4,9-12,14H,1,5-8,13H2,2H3,(H2,23,24)(H,26,27)/b20-9+. The molecule has 30 heavy (non-hydrogen) atoms. The summed E-state index contributed by atoms with van der Waals surface area (Å²) >= 11 is 0. The van der Waals surface area contributed by atoms with Crippen LogP contribution < -0.4 is 5.73 Å². The highest BCUT2D eigenvalue weighted by Gasteiger charge is 2.47. The molecule has 3 N–H and O–H groups in total. The summed E-state index contributed by atoms with van der Waals surface area (Å²) in [7, 11) is 1.91. The van der Waals surface area contributed by atoms with Crippen LogP contribution in [0.2, 0.25) is 0 Å². The lowest BCUT2D eigenvalue weighted by Gasteiger charge is -2.34. The van der Waals surface area contributed by atoms with Crippen molar-refractivity contribution in [2.45, 2.75) is 18.4 Å². The van der Waals surface area contributed by atoms with Gasteiger partial charge in [-0.1, -0.05) is 12.6 Å². The molecule has 5 rings (SSSR count). The van der Waals surface area contributed by atoms with Crippen LogP contribution in [0.3, 0.4) is 0 Å². The number of aromatic nitrogens is 4. The van der Waals surface area contributed by atoms with Crippen LogP contribution in [-0.2, 0) is 11.8 Å². The van der Waals surface area contributed by atoms with E-state index in [0.717, 1.165) is 65.0 Å². The maximum Gasteiger partial charge on any atom is 0.131 e. The van der Waals surface area contributed by atoms with Gasteiger partial charge in [0.2, 0.25) is 0 Å². The smallest absolute Gasteiger partial charge is 0.131 e. The lowest BCUT2D eigenvalue weighted by atomic mass is 10.0. The Morgan fingerprint density at radius 2 is 2.23 bits per heavy atom. The minimum absolute atomic E-state index is 0.000440. The van der Waals surface area contributed by atoms with Crippen LogP contribution in [0.25, 0.3) is 27.6 Å². The van der Waals surface area contributed by atoms with Crippen LogP contribution in [0.15, 0.2) is 54.1 Å². The van der Waals surface area contributed by atoms with Crippen molar-refractivity contribution in [3.63, 3.8) is 0 Å². The van der Waals surface area contributed by atoms with Gasteiger partial charge < -0.3 is 15.4 Å². The number of allylic oxidation sites excluding steroid dienone is 2. The highest BCUT2D eigenvalue weighted by atomic mass is 16.5. The Kier molecular flexibility index (Phi) is 4.43. The summed E-state index contributed by atoms with van der Waals surface area (Å²) < 4.78 is 7.72. The van der Waals surface area contributed by atoms with Gasteiger partial charge in [0.25, 0.3) is 0 Å². The molecule has 154 valence electrons. The zero-order valence-corrected chi connectivity index (χ0v) is 17.0. The number of morpholine rings is 1. The molecule has 0 amide bonds. The molecule has 0 bridgehead atoms. The van der Waals surface area contributed by atoms with Crippen LogP contribution in [0.5, 0.6) is 0 Å². The number of nitrogens with one attached hydrogen (secondary N) is 1. The zero-order chi connectivity index (χ0) is 20.7. The van der Waals surface area contributed by atoms with Crippen LogP contribution in [0, 0.1) is 0 Å². The molecule has 2 fully saturated rings. The molecule has 8 nitrogen and oxygen atoms in total. The SMILES string of the molecule is C=C(/C=C(\N=CN)N1CCOC2(CC2)C1)c1n[nH]c2ccc(-c3cnn(C)c3)cc12. The lowest BCUT2D eigenvalue weighted by Crippen LogP contribution is -2.43. The van der Waals surface area contributed by atoms with Crippen molar-refractivity contribution in [1.29, 1.82) is 0 Å². The molecule has 0 unspecified atom stereocenters. The van der Waals surface area contributed by atoms with Gasteiger partial charge in [0, 0.05) is 37.3 Å². The van der Waals surface area contributed by atoms with E-state index in [1.165, 1.54) is 6.34 Å². The minimum atomic E-state index is 0.000440. The third kappa shape index (κ3) is 3.39. The molecular formula is C22H25N7O. The fraction of sp³-hybridized carbons (Fsp3) is 0.318. The lowest BCUT2D eigenvalue weighted by molar-refractivity contribution is -0.0351. The van der Waals surface area contributed by atoms with Crippen molar-refractivity contribution in [1.82, 2.24) is 24.9 Å². The zero-order valence-electron chi connectivity index (χ0n) is 17.0. The summed E-state index contributed by atoms with van der Waals surface area (Å²) in [5, 5.41) is 12.9. The van der Waals surface area contributed by atoms with Crippen molar-refractivity contribution >= 4 is 22.8 Å². The number of aromatic amines is 1. The molecule has 8 heteroatoms. The number of ether oxygens (including phenoxy) is 1.